The van der Waals surface area contributed by atoms with Crippen LogP contribution in [-0.2, 0) is 33.9 Å². The molecule has 0 aromatic heterocycles. The zero-order valence-corrected chi connectivity index (χ0v) is 26.6. The predicted octanol–water partition coefficient (Wildman–Crippen LogP) is 4.18. The Kier molecular flexibility index (Phi) is 10.8. The van der Waals surface area contributed by atoms with E-state index < -0.39 is 51.6 Å². The van der Waals surface area contributed by atoms with E-state index in [1.165, 1.54) is 21.3 Å². The maximum atomic E-state index is 6.54. The van der Waals surface area contributed by atoms with Crippen molar-refractivity contribution in [3.63, 3.8) is 0 Å². The minimum absolute atomic E-state index is 1.49. The summed E-state index contributed by atoms with van der Waals surface area (Å²) in [6, 6.07) is 0. The predicted molar refractivity (Wildman–Crippen MR) is 130 cm³/mol. The lowest BCUT2D eigenvalue weighted by Gasteiger charge is -2.43. The zero-order chi connectivity index (χ0) is 23.4. The molecule has 174 valence electrons. The Balaban J connectivity index is 5.96. The first-order chi connectivity index (χ1) is 12.8. The molecule has 0 heterocycles. The molecule has 0 radical (unpaired) electrons. The molecule has 0 saturated heterocycles. The second-order valence-electron chi connectivity index (χ2n) is 9.20. The molecule has 14 heteroatoms. The maximum Gasteiger partial charge on any atom is 0.671 e. The summed E-state index contributed by atoms with van der Waals surface area (Å²) in [6.07, 6.45) is 0. The first kappa shape index (κ1) is 29.7. The fraction of sp³-hybridized carbons (Fsp3) is 0.867. The lowest BCUT2D eigenvalue weighted by molar-refractivity contribution is 0.0266. The van der Waals surface area contributed by atoms with E-state index in [4.69, 9.17) is 33.9 Å². The molecule has 8 nitrogen and oxygen atoms in total. The average molecular weight is 519 g/mol. The molecule has 0 amide bonds. The molecule has 29 heavy (non-hydrogen) atoms. The molecule has 0 fully saturated rings. The highest BCUT2D eigenvalue weighted by Gasteiger charge is 2.57. The van der Waals surface area contributed by atoms with Gasteiger partial charge in [-0.1, -0.05) is 5.70 Å². The molecule has 0 rings (SSSR count). The van der Waals surface area contributed by atoms with Crippen molar-refractivity contribution in [1.29, 1.82) is 0 Å². The van der Waals surface area contributed by atoms with E-state index in [2.05, 4.69) is 39.3 Å². The third-order valence-corrected chi connectivity index (χ3v) is 23.8. The molecule has 0 aliphatic heterocycles. The van der Waals surface area contributed by atoms with Crippen LogP contribution in [0.15, 0.2) is 12.3 Å². The molecular formula is C15H42O8Si6. The monoisotopic (exact) mass is 518 g/mol. The molecule has 0 spiro atoms. The van der Waals surface area contributed by atoms with Gasteiger partial charge in [0, 0.05) is 27.9 Å². The van der Waals surface area contributed by atoms with Crippen LogP contribution in [0.3, 0.4) is 0 Å². The minimum Gasteiger partial charge on any atom is -0.437 e. The Hall–Kier alpha value is 0.721. The Morgan fingerprint density at radius 3 is 1.24 bits per heavy atom. The number of rotatable bonds is 14. The SMILES string of the molecule is C=C[Si](C)(C)O[Si](C)(C)O[Si](C)(O[Si](C)(C)O[Si](C)(C)C)O[Si](OC)(OC)OC. The maximum absolute atomic E-state index is 6.54. The van der Waals surface area contributed by atoms with Gasteiger partial charge in [-0.3, -0.25) is 0 Å². The van der Waals surface area contributed by atoms with Gasteiger partial charge in [0.1, 0.15) is 0 Å². The van der Waals surface area contributed by atoms with Crippen molar-refractivity contribution in [2.24, 2.45) is 0 Å². The third-order valence-electron chi connectivity index (χ3n) is 3.48. The largest absolute Gasteiger partial charge is 0.671 e. The molecule has 0 aromatic rings. The van der Waals surface area contributed by atoms with Crippen LogP contribution < -0.4 is 0 Å². The van der Waals surface area contributed by atoms with Crippen molar-refractivity contribution in [2.75, 3.05) is 21.3 Å². The van der Waals surface area contributed by atoms with Crippen LogP contribution in [-0.4, -0.2) is 72.9 Å². The van der Waals surface area contributed by atoms with E-state index >= 15 is 0 Å². The quantitative estimate of drug-likeness (QED) is 0.317. The van der Waals surface area contributed by atoms with Gasteiger partial charge in [-0.05, 0) is 58.9 Å². The molecule has 0 N–H and O–H groups in total. The van der Waals surface area contributed by atoms with Crippen LogP contribution in [0, 0.1) is 0 Å². The van der Waals surface area contributed by atoms with E-state index in [-0.39, 0.29) is 0 Å². The highest BCUT2D eigenvalue weighted by Crippen LogP contribution is 2.29. The van der Waals surface area contributed by atoms with Gasteiger partial charge in [0.25, 0.3) is 0 Å². The van der Waals surface area contributed by atoms with Gasteiger partial charge >= 0.3 is 35.0 Å². The van der Waals surface area contributed by atoms with Crippen molar-refractivity contribution >= 4 is 51.6 Å². The van der Waals surface area contributed by atoms with Crippen molar-refractivity contribution < 1.29 is 33.9 Å². The summed E-state index contributed by atoms with van der Waals surface area (Å²) in [5.41, 5.74) is 1.89. The second-order valence-corrected chi connectivity index (χ2v) is 30.7. The summed E-state index contributed by atoms with van der Waals surface area (Å²) in [5, 5.41) is 0. The van der Waals surface area contributed by atoms with Gasteiger partial charge in [-0.25, -0.2) is 0 Å². The summed E-state index contributed by atoms with van der Waals surface area (Å²) >= 11 is 0. The molecule has 1 unspecified atom stereocenters. The fourth-order valence-corrected chi connectivity index (χ4v) is 27.5. The van der Waals surface area contributed by atoms with Crippen molar-refractivity contribution in [3.8, 4) is 0 Å². The molecule has 0 aromatic carbocycles. The average Bonchev–Trinajstić information content (AvgIpc) is 2.47. The third kappa shape index (κ3) is 11.2. The first-order valence-electron chi connectivity index (χ1n) is 9.58. The first-order valence-corrected chi connectivity index (χ1v) is 25.5. The topological polar surface area (TPSA) is 73.8 Å². The fourth-order valence-electron chi connectivity index (χ4n) is 3.01. The molecule has 0 aliphatic carbocycles. The van der Waals surface area contributed by atoms with Gasteiger partial charge in [0.05, 0.1) is 0 Å². The van der Waals surface area contributed by atoms with Crippen molar-refractivity contribution in [2.45, 2.75) is 65.5 Å². The van der Waals surface area contributed by atoms with E-state index in [1.54, 1.807) is 0 Å². The van der Waals surface area contributed by atoms with Crippen LogP contribution in [0.25, 0.3) is 0 Å². The number of hydrogen-bond donors (Lipinski definition) is 0. The molecule has 0 bridgehead atoms. The Morgan fingerprint density at radius 1 is 0.552 bits per heavy atom. The normalized spacial score (nSPS) is 16.6. The van der Waals surface area contributed by atoms with Gasteiger partial charge < -0.3 is 33.9 Å². The summed E-state index contributed by atoms with van der Waals surface area (Å²) in [6.45, 7) is 24.2. The molecule has 0 saturated carbocycles. The van der Waals surface area contributed by atoms with Crippen molar-refractivity contribution in [1.82, 2.24) is 0 Å². The second kappa shape index (κ2) is 10.6. The standard InChI is InChI=1S/C15H42O8Si6/c1-15-25(8,9)20-27(12,13)22-28(14,23-29(16-2,17-3)18-4)21-26(10,11)19-24(5,6)7/h15H,1H2,2-14H3. The van der Waals surface area contributed by atoms with E-state index in [9.17, 15) is 0 Å². The van der Waals surface area contributed by atoms with Gasteiger partial charge in [-0.2, -0.15) is 0 Å². The van der Waals surface area contributed by atoms with E-state index in [0.717, 1.165) is 0 Å². The molecular weight excluding hydrogens is 477 g/mol. The Bertz CT molecular complexity index is 527. The van der Waals surface area contributed by atoms with Crippen LogP contribution >= 0.6 is 0 Å². The summed E-state index contributed by atoms with van der Waals surface area (Å²) in [5.74, 6) is 0. The van der Waals surface area contributed by atoms with Gasteiger partial charge in [-0.15, -0.1) is 6.58 Å². The molecule has 1 atom stereocenters. The summed E-state index contributed by atoms with van der Waals surface area (Å²) < 4.78 is 48.6. The highest BCUT2D eigenvalue weighted by atomic mass is 28.5. The van der Waals surface area contributed by atoms with Gasteiger partial charge in [0.2, 0.25) is 0 Å². The Morgan fingerprint density at radius 2 is 0.931 bits per heavy atom. The van der Waals surface area contributed by atoms with E-state index in [0.29, 0.717) is 0 Å². The summed E-state index contributed by atoms with van der Waals surface area (Å²) in [4.78, 5) is 0. The summed E-state index contributed by atoms with van der Waals surface area (Å²) in [7, 11) is -11.5. The zero-order valence-electron chi connectivity index (χ0n) is 20.6. The van der Waals surface area contributed by atoms with Crippen LogP contribution in [0.5, 0.6) is 0 Å². The smallest absolute Gasteiger partial charge is 0.437 e. The van der Waals surface area contributed by atoms with Crippen LogP contribution in [0.1, 0.15) is 0 Å². The Labute approximate surface area is 184 Å². The van der Waals surface area contributed by atoms with Gasteiger partial charge in [0.15, 0.2) is 16.6 Å². The lowest BCUT2D eigenvalue weighted by atomic mass is 11.3. The van der Waals surface area contributed by atoms with E-state index in [1.807, 2.05) is 38.4 Å². The minimum atomic E-state index is -3.43. The van der Waals surface area contributed by atoms with Crippen LogP contribution in [0.2, 0.25) is 65.5 Å². The highest BCUT2D eigenvalue weighted by molar-refractivity contribution is 6.91. The molecule has 0 aliphatic rings. The number of hydrogen-bond acceptors (Lipinski definition) is 8. The van der Waals surface area contributed by atoms with Crippen molar-refractivity contribution in [3.05, 3.63) is 12.3 Å². The lowest BCUT2D eigenvalue weighted by Crippen LogP contribution is -2.65. The van der Waals surface area contributed by atoms with Crippen LogP contribution in [0.4, 0.5) is 0 Å².